The summed E-state index contributed by atoms with van der Waals surface area (Å²) in [7, 11) is 2.16. The summed E-state index contributed by atoms with van der Waals surface area (Å²) in [5.41, 5.74) is 1.16. The number of likely N-dealkylation sites (N-methyl/N-ethyl adjacent to an activating group) is 1. The van der Waals surface area contributed by atoms with Gasteiger partial charge in [-0.1, -0.05) is 19.1 Å². The molecule has 112 valence electrons. The molecule has 0 aromatic heterocycles. The second-order valence-corrected chi connectivity index (χ2v) is 5.45. The zero-order chi connectivity index (χ0) is 14.4. The van der Waals surface area contributed by atoms with Crippen molar-refractivity contribution >= 4 is 0 Å². The number of benzene rings is 1. The number of ether oxygens (including phenoxy) is 1. The van der Waals surface area contributed by atoms with Gasteiger partial charge in [0.05, 0.1) is 6.61 Å². The van der Waals surface area contributed by atoms with E-state index in [2.05, 4.69) is 24.2 Å². The molecule has 0 aliphatic carbocycles. The summed E-state index contributed by atoms with van der Waals surface area (Å²) in [6, 6.07) is 7.65. The van der Waals surface area contributed by atoms with Crippen molar-refractivity contribution in [2.75, 3.05) is 33.4 Å². The summed E-state index contributed by atoms with van der Waals surface area (Å²) in [6.07, 6.45) is 2.14. The Morgan fingerprint density at radius 2 is 2.15 bits per heavy atom. The summed E-state index contributed by atoms with van der Waals surface area (Å²) < 4.78 is 18.4. The third kappa shape index (κ3) is 4.27. The summed E-state index contributed by atoms with van der Waals surface area (Å²) in [6.45, 7) is 5.76. The van der Waals surface area contributed by atoms with Gasteiger partial charge in [-0.15, -0.1) is 0 Å². The van der Waals surface area contributed by atoms with Gasteiger partial charge in [-0.3, -0.25) is 0 Å². The predicted octanol–water partition coefficient (Wildman–Crippen LogP) is 2.59. The predicted molar refractivity (Wildman–Crippen MR) is 79.3 cm³/mol. The van der Waals surface area contributed by atoms with Gasteiger partial charge in [-0.05, 0) is 44.1 Å². The van der Waals surface area contributed by atoms with Crippen LogP contribution in [0.4, 0.5) is 4.39 Å². The minimum atomic E-state index is -0.177. The quantitative estimate of drug-likeness (QED) is 0.831. The van der Waals surface area contributed by atoms with E-state index in [-0.39, 0.29) is 11.9 Å². The van der Waals surface area contributed by atoms with Crippen LogP contribution >= 0.6 is 0 Å². The number of halogens is 1. The molecule has 1 N–H and O–H groups in total. The normalized spacial score (nSPS) is 20.5. The Balaban J connectivity index is 1.89. The average molecular weight is 280 g/mol. The van der Waals surface area contributed by atoms with Crippen molar-refractivity contribution in [3.8, 4) is 0 Å². The molecule has 1 aliphatic rings. The topological polar surface area (TPSA) is 24.5 Å². The molecule has 0 saturated carbocycles. The van der Waals surface area contributed by atoms with Crippen LogP contribution in [0.5, 0.6) is 0 Å². The van der Waals surface area contributed by atoms with Gasteiger partial charge in [-0.25, -0.2) is 4.39 Å². The number of nitrogens with one attached hydrogen (secondary N) is 1. The smallest absolute Gasteiger partial charge is 0.123 e. The largest absolute Gasteiger partial charge is 0.380 e. The molecular formula is C16H25FN2O. The second-order valence-electron chi connectivity index (χ2n) is 5.45. The molecule has 0 bridgehead atoms. The lowest BCUT2D eigenvalue weighted by Gasteiger charge is -2.26. The highest BCUT2D eigenvalue weighted by Crippen LogP contribution is 2.19. The Hall–Kier alpha value is -0.970. The lowest BCUT2D eigenvalue weighted by molar-refractivity contribution is 0.156. The van der Waals surface area contributed by atoms with Crippen LogP contribution < -0.4 is 5.32 Å². The molecule has 3 nitrogen and oxygen atoms in total. The monoisotopic (exact) mass is 280 g/mol. The molecule has 0 amide bonds. The first kappa shape index (κ1) is 15.4. The van der Waals surface area contributed by atoms with E-state index in [9.17, 15) is 4.39 Å². The van der Waals surface area contributed by atoms with Gasteiger partial charge in [0.25, 0.3) is 0 Å². The Morgan fingerprint density at radius 3 is 2.75 bits per heavy atom. The third-order valence-electron chi connectivity index (χ3n) is 4.02. The highest BCUT2D eigenvalue weighted by atomic mass is 19.1. The van der Waals surface area contributed by atoms with Gasteiger partial charge in [0.1, 0.15) is 5.82 Å². The van der Waals surface area contributed by atoms with E-state index in [1.54, 1.807) is 0 Å². The van der Waals surface area contributed by atoms with E-state index < -0.39 is 0 Å². The summed E-state index contributed by atoms with van der Waals surface area (Å²) >= 11 is 0. The van der Waals surface area contributed by atoms with Gasteiger partial charge >= 0.3 is 0 Å². The molecule has 1 fully saturated rings. The first-order chi connectivity index (χ1) is 9.70. The molecule has 2 rings (SSSR count). The fraction of sp³-hybridized carbons (Fsp3) is 0.625. The summed E-state index contributed by atoms with van der Waals surface area (Å²) in [4.78, 5) is 2.38. The van der Waals surface area contributed by atoms with Crippen LogP contribution in [0.15, 0.2) is 24.3 Å². The van der Waals surface area contributed by atoms with Crippen LogP contribution in [0, 0.1) is 5.82 Å². The zero-order valence-electron chi connectivity index (χ0n) is 12.4. The molecule has 1 aromatic rings. The maximum atomic E-state index is 13.0. The van der Waals surface area contributed by atoms with Crippen LogP contribution in [0.1, 0.15) is 31.4 Å². The van der Waals surface area contributed by atoms with Crippen LogP contribution in [0.3, 0.4) is 0 Å². The van der Waals surface area contributed by atoms with Gasteiger partial charge in [-0.2, -0.15) is 0 Å². The molecule has 4 heteroatoms. The highest BCUT2D eigenvalue weighted by Gasteiger charge is 2.21. The SMILES string of the molecule is CCNC(CCN(C)C1CCOC1)c1ccc(F)cc1. The van der Waals surface area contributed by atoms with E-state index in [4.69, 9.17) is 4.74 Å². The molecule has 1 saturated heterocycles. The Morgan fingerprint density at radius 1 is 1.40 bits per heavy atom. The van der Waals surface area contributed by atoms with Crippen LogP contribution in [-0.2, 0) is 4.74 Å². The van der Waals surface area contributed by atoms with Crippen molar-refractivity contribution in [3.63, 3.8) is 0 Å². The Labute approximate surface area is 121 Å². The van der Waals surface area contributed by atoms with E-state index in [0.29, 0.717) is 6.04 Å². The van der Waals surface area contributed by atoms with Crippen molar-refractivity contribution < 1.29 is 9.13 Å². The molecule has 1 heterocycles. The fourth-order valence-electron chi connectivity index (χ4n) is 2.71. The standard InChI is InChI=1S/C16H25FN2O/c1-3-18-16(13-4-6-14(17)7-5-13)8-10-19(2)15-9-11-20-12-15/h4-7,15-16,18H,3,8-12H2,1-2H3. The number of nitrogens with zero attached hydrogens (tertiary/aromatic N) is 1. The molecule has 0 spiro atoms. The van der Waals surface area contributed by atoms with Crippen LogP contribution in [0.25, 0.3) is 0 Å². The van der Waals surface area contributed by atoms with Crippen molar-refractivity contribution in [3.05, 3.63) is 35.6 Å². The Kier molecular flexibility index (Phi) is 5.95. The molecule has 0 radical (unpaired) electrons. The van der Waals surface area contributed by atoms with Gasteiger partial charge < -0.3 is 15.0 Å². The maximum absolute atomic E-state index is 13.0. The average Bonchev–Trinajstić information content (AvgIpc) is 2.98. The molecule has 2 atom stereocenters. The van der Waals surface area contributed by atoms with Crippen molar-refractivity contribution in [1.29, 1.82) is 0 Å². The van der Waals surface area contributed by atoms with Gasteiger partial charge in [0.2, 0.25) is 0 Å². The first-order valence-corrected chi connectivity index (χ1v) is 7.47. The molecular weight excluding hydrogens is 255 g/mol. The minimum Gasteiger partial charge on any atom is -0.380 e. The summed E-state index contributed by atoms with van der Waals surface area (Å²) in [5, 5.41) is 3.48. The van der Waals surface area contributed by atoms with E-state index in [1.807, 2.05) is 12.1 Å². The number of rotatable bonds is 7. The van der Waals surface area contributed by atoms with E-state index in [0.717, 1.165) is 44.7 Å². The lowest BCUT2D eigenvalue weighted by Crippen LogP contribution is -2.35. The fourth-order valence-corrected chi connectivity index (χ4v) is 2.71. The maximum Gasteiger partial charge on any atom is 0.123 e. The summed E-state index contributed by atoms with van der Waals surface area (Å²) in [5.74, 6) is -0.177. The molecule has 1 aliphatic heterocycles. The van der Waals surface area contributed by atoms with Crippen LogP contribution in [-0.4, -0.2) is 44.3 Å². The third-order valence-corrected chi connectivity index (χ3v) is 4.02. The Bertz CT molecular complexity index is 390. The van der Waals surface area contributed by atoms with Gasteiger partial charge in [0.15, 0.2) is 0 Å². The number of hydrogen-bond donors (Lipinski definition) is 1. The molecule has 2 unspecified atom stereocenters. The second kappa shape index (κ2) is 7.72. The van der Waals surface area contributed by atoms with Crippen molar-refractivity contribution in [1.82, 2.24) is 10.2 Å². The van der Waals surface area contributed by atoms with E-state index in [1.165, 1.54) is 12.1 Å². The van der Waals surface area contributed by atoms with Gasteiger partial charge in [0, 0.05) is 25.2 Å². The van der Waals surface area contributed by atoms with Crippen LogP contribution in [0.2, 0.25) is 0 Å². The molecule has 1 aromatic carbocycles. The minimum absolute atomic E-state index is 0.177. The van der Waals surface area contributed by atoms with Crippen molar-refractivity contribution in [2.45, 2.75) is 31.8 Å². The van der Waals surface area contributed by atoms with Crippen molar-refractivity contribution in [2.24, 2.45) is 0 Å². The van der Waals surface area contributed by atoms with E-state index >= 15 is 0 Å². The first-order valence-electron chi connectivity index (χ1n) is 7.47. The lowest BCUT2D eigenvalue weighted by atomic mass is 10.0. The highest BCUT2D eigenvalue weighted by molar-refractivity contribution is 5.19. The number of hydrogen-bond acceptors (Lipinski definition) is 3. The zero-order valence-corrected chi connectivity index (χ0v) is 12.4. The molecule has 20 heavy (non-hydrogen) atoms.